The Balaban J connectivity index is 1.83. The van der Waals surface area contributed by atoms with E-state index in [1.54, 1.807) is 12.1 Å². The van der Waals surface area contributed by atoms with Crippen molar-refractivity contribution >= 4 is 15.5 Å². The summed E-state index contributed by atoms with van der Waals surface area (Å²) >= 11 is 0. The summed E-state index contributed by atoms with van der Waals surface area (Å²) in [5.74, 6) is 1.69. The van der Waals surface area contributed by atoms with Crippen molar-refractivity contribution in [2.45, 2.75) is 43.9 Å². The Morgan fingerprint density at radius 2 is 1.60 bits per heavy atom. The third-order valence-electron chi connectivity index (χ3n) is 4.42. The van der Waals surface area contributed by atoms with Gasteiger partial charge in [-0.1, -0.05) is 26.2 Å². The number of hydrogen-bond acceptors (Lipinski definition) is 3. The maximum absolute atomic E-state index is 11.4. The highest BCUT2D eigenvalue weighted by Crippen LogP contribution is 2.30. The number of sulfone groups is 1. The topological polar surface area (TPSA) is 46.2 Å². The minimum Gasteiger partial charge on any atom is -0.385 e. The molecule has 1 aliphatic rings. The normalized spacial score (nSPS) is 23.5. The van der Waals surface area contributed by atoms with E-state index in [2.05, 4.69) is 12.2 Å². The first-order chi connectivity index (χ1) is 9.49. The predicted molar refractivity (Wildman–Crippen MR) is 83.8 cm³/mol. The molecule has 0 saturated heterocycles. The Bertz CT molecular complexity index is 514. The molecule has 1 fully saturated rings. The fourth-order valence-corrected chi connectivity index (χ4v) is 3.56. The van der Waals surface area contributed by atoms with Gasteiger partial charge in [-0.2, -0.15) is 0 Å². The van der Waals surface area contributed by atoms with Crippen LogP contribution in [-0.2, 0) is 9.84 Å². The monoisotopic (exact) mass is 295 g/mol. The Morgan fingerprint density at radius 3 is 2.10 bits per heavy atom. The highest BCUT2D eigenvalue weighted by atomic mass is 32.2. The summed E-state index contributed by atoms with van der Waals surface area (Å²) in [6, 6.07) is 7.05. The lowest BCUT2D eigenvalue weighted by Crippen LogP contribution is -2.20. The summed E-state index contributed by atoms with van der Waals surface area (Å²) in [4.78, 5) is 0.381. The van der Waals surface area contributed by atoms with E-state index in [0.29, 0.717) is 4.90 Å². The number of anilines is 1. The standard InChI is InChI=1S/C16H25NO2S/c1-3-13-4-6-14(7-5-13)12-17-15-8-10-16(11-9-15)20(2,18)19/h8-11,13-14,17H,3-7,12H2,1-2H3. The maximum atomic E-state index is 11.4. The van der Waals surface area contributed by atoms with Gasteiger partial charge in [0.25, 0.3) is 0 Å². The summed E-state index contributed by atoms with van der Waals surface area (Å²) in [5, 5.41) is 3.43. The molecule has 0 unspecified atom stereocenters. The molecule has 0 amide bonds. The van der Waals surface area contributed by atoms with Crippen molar-refractivity contribution in [3.63, 3.8) is 0 Å². The Morgan fingerprint density at radius 1 is 1.05 bits per heavy atom. The molecule has 1 aromatic rings. The molecule has 3 nitrogen and oxygen atoms in total. The Hall–Kier alpha value is -1.03. The highest BCUT2D eigenvalue weighted by Gasteiger charge is 2.19. The smallest absolute Gasteiger partial charge is 0.175 e. The lowest BCUT2D eigenvalue weighted by molar-refractivity contribution is 0.278. The van der Waals surface area contributed by atoms with Crippen molar-refractivity contribution < 1.29 is 8.42 Å². The van der Waals surface area contributed by atoms with E-state index >= 15 is 0 Å². The van der Waals surface area contributed by atoms with Gasteiger partial charge in [0.15, 0.2) is 9.84 Å². The van der Waals surface area contributed by atoms with Gasteiger partial charge in [0.05, 0.1) is 4.90 Å². The van der Waals surface area contributed by atoms with Crippen LogP contribution in [0.15, 0.2) is 29.2 Å². The molecule has 0 heterocycles. The summed E-state index contributed by atoms with van der Waals surface area (Å²) in [7, 11) is -3.09. The van der Waals surface area contributed by atoms with Crippen LogP contribution in [0.25, 0.3) is 0 Å². The molecule has 0 bridgehead atoms. The van der Waals surface area contributed by atoms with Gasteiger partial charge in [0.1, 0.15) is 0 Å². The number of nitrogens with one attached hydrogen (secondary N) is 1. The van der Waals surface area contributed by atoms with Gasteiger partial charge >= 0.3 is 0 Å². The highest BCUT2D eigenvalue weighted by molar-refractivity contribution is 7.90. The van der Waals surface area contributed by atoms with Crippen LogP contribution < -0.4 is 5.32 Å². The summed E-state index contributed by atoms with van der Waals surface area (Å²) < 4.78 is 22.8. The molecule has 0 aromatic heterocycles. The second kappa shape index (κ2) is 6.61. The van der Waals surface area contributed by atoms with Crippen molar-refractivity contribution in [1.82, 2.24) is 0 Å². The third kappa shape index (κ3) is 4.23. The molecule has 0 aliphatic heterocycles. The molecule has 112 valence electrons. The molecule has 0 atom stereocenters. The van der Waals surface area contributed by atoms with Crippen LogP contribution in [0.1, 0.15) is 39.0 Å². The molecule has 1 aliphatic carbocycles. The molecular formula is C16H25NO2S. The minimum atomic E-state index is -3.09. The molecule has 0 radical (unpaired) electrons. The molecule has 1 aromatic carbocycles. The molecule has 1 N–H and O–H groups in total. The maximum Gasteiger partial charge on any atom is 0.175 e. The van der Waals surface area contributed by atoms with Crippen molar-refractivity contribution in [2.75, 3.05) is 18.1 Å². The second-order valence-corrected chi connectivity index (χ2v) is 7.99. The number of benzene rings is 1. The van der Waals surface area contributed by atoms with Crippen LogP contribution in [0.3, 0.4) is 0 Å². The van der Waals surface area contributed by atoms with Gasteiger partial charge in [0, 0.05) is 18.5 Å². The lowest BCUT2D eigenvalue weighted by atomic mass is 9.81. The quantitative estimate of drug-likeness (QED) is 0.900. The largest absolute Gasteiger partial charge is 0.385 e. The fourth-order valence-electron chi connectivity index (χ4n) is 2.93. The lowest BCUT2D eigenvalue weighted by Gasteiger charge is -2.28. The van der Waals surface area contributed by atoms with Crippen LogP contribution in [0.4, 0.5) is 5.69 Å². The first-order valence-electron chi connectivity index (χ1n) is 7.53. The van der Waals surface area contributed by atoms with Crippen LogP contribution in [-0.4, -0.2) is 21.2 Å². The van der Waals surface area contributed by atoms with Gasteiger partial charge in [-0.15, -0.1) is 0 Å². The van der Waals surface area contributed by atoms with Gasteiger partial charge in [-0.25, -0.2) is 8.42 Å². The predicted octanol–water partition coefficient (Wildman–Crippen LogP) is 3.72. The average Bonchev–Trinajstić information content (AvgIpc) is 2.45. The SMILES string of the molecule is CCC1CCC(CNc2ccc(S(C)(=O)=O)cc2)CC1. The van der Waals surface area contributed by atoms with E-state index in [0.717, 1.165) is 24.1 Å². The first kappa shape index (κ1) is 15.4. The van der Waals surface area contributed by atoms with Crippen LogP contribution in [0, 0.1) is 11.8 Å². The third-order valence-corrected chi connectivity index (χ3v) is 5.55. The van der Waals surface area contributed by atoms with Gasteiger partial charge in [-0.05, 0) is 48.9 Å². The molecule has 1 saturated carbocycles. The zero-order chi connectivity index (χ0) is 14.6. The first-order valence-corrected chi connectivity index (χ1v) is 9.42. The van der Waals surface area contributed by atoms with Gasteiger partial charge < -0.3 is 5.32 Å². The Labute approximate surface area is 122 Å². The average molecular weight is 295 g/mol. The minimum absolute atomic E-state index is 0.381. The van der Waals surface area contributed by atoms with Gasteiger partial charge in [0.2, 0.25) is 0 Å². The zero-order valence-corrected chi connectivity index (χ0v) is 13.2. The molecule has 2 rings (SSSR count). The van der Waals surface area contributed by atoms with Crippen LogP contribution in [0.5, 0.6) is 0 Å². The van der Waals surface area contributed by atoms with Crippen molar-refractivity contribution in [3.8, 4) is 0 Å². The van der Waals surface area contributed by atoms with Crippen molar-refractivity contribution in [2.24, 2.45) is 11.8 Å². The van der Waals surface area contributed by atoms with E-state index in [1.165, 1.54) is 38.4 Å². The van der Waals surface area contributed by atoms with E-state index in [-0.39, 0.29) is 0 Å². The van der Waals surface area contributed by atoms with Crippen molar-refractivity contribution in [1.29, 1.82) is 0 Å². The van der Waals surface area contributed by atoms with Crippen molar-refractivity contribution in [3.05, 3.63) is 24.3 Å². The van der Waals surface area contributed by atoms with E-state index in [4.69, 9.17) is 0 Å². The fraction of sp³-hybridized carbons (Fsp3) is 0.625. The Kier molecular flexibility index (Phi) is 5.08. The molecular weight excluding hydrogens is 270 g/mol. The summed E-state index contributed by atoms with van der Waals surface area (Å²) in [6.45, 7) is 3.28. The van der Waals surface area contributed by atoms with Crippen LogP contribution in [0.2, 0.25) is 0 Å². The molecule has 4 heteroatoms. The summed E-state index contributed by atoms with van der Waals surface area (Å²) in [6.07, 6.45) is 7.89. The zero-order valence-electron chi connectivity index (χ0n) is 12.4. The molecule has 20 heavy (non-hydrogen) atoms. The number of hydrogen-bond donors (Lipinski definition) is 1. The second-order valence-electron chi connectivity index (χ2n) is 5.97. The number of rotatable bonds is 5. The van der Waals surface area contributed by atoms with E-state index in [1.807, 2.05) is 12.1 Å². The van der Waals surface area contributed by atoms with Crippen LogP contribution >= 0.6 is 0 Å². The van der Waals surface area contributed by atoms with E-state index < -0.39 is 9.84 Å². The summed E-state index contributed by atoms with van der Waals surface area (Å²) in [5.41, 5.74) is 1.01. The molecule has 0 spiro atoms. The van der Waals surface area contributed by atoms with Gasteiger partial charge in [-0.3, -0.25) is 0 Å². The van der Waals surface area contributed by atoms with E-state index in [9.17, 15) is 8.42 Å².